The maximum atomic E-state index is 5.96. The highest BCUT2D eigenvalue weighted by molar-refractivity contribution is 7.22. The molecule has 0 N–H and O–H groups in total. The minimum absolute atomic E-state index is 0.398. The zero-order valence-electron chi connectivity index (χ0n) is 14.0. The van der Waals surface area contributed by atoms with Crippen LogP contribution in [0.4, 0.5) is 0 Å². The first-order valence-corrected chi connectivity index (χ1v) is 9.41. The molecule has 27 heavy (non-hydrogen) atoms. The fourth-order valence-electron chi connectivity index (χ4n) is 3.32. The van der Waals surface area contributed by atoms with Gasteiger partial charge in [-0.15, -0.1) is 11.3 Å². The van der Waals surface area contributed by atoms with Crippen molar-refractivity contribution in [1.82, 2.24) is 9.97 Å². The molecule has 0 saturated heterocycles. The Bertz CT molecular complexity index is 1370. The Balaban J connectivity index is 1.55. The Morgan fingerprint density at radius 2 is 1.48 bits per heavy atom. The van der Waals surface area contributed by atoms with Gasteiger partial charge in [-0.1, -0.05) is 42.5 Å². The molecule has 6 rings (SSSR count). The predicted octanol–water partition coefficient (Wildman–Crippen LogP) is 6.52. The normalized spacial score (nSPS) is 11.7. The second kappa shape index (κ2) is 5.53. The number of aromatic nitrogens is 2. The summed E-state index contributed by atoms with van der Waals surface area (Å²) in [6, 6.07) is 24.2. The van der Waals surface area contributed by atoms with Crippen LogP contribution < -0.4 is 0 Å². The van der Waals surface area contributed by atoms with Crippen LogP contribution in [-0.2, 0) is 0 Å². The minimum Gasteiger partial charge on any atom is -0.432 e. The van der Waals surface area contributed by atoms with Crippen LogP contribution in [0.3, 0.4) is 0 Å². The van der Waals surface area contributed by atoms with Crippen LogP contribution in [-0.4, -0.2) is 9.97 Å². The number of benzene rings is 3. The number of hydrogen-bond donors (Lipinski definition) is 0. The first kappa shape index (κ1) is 14.7. The van der Waals surface area contributed by atoms with Gasteiger partial charge in [0.15, 0.2) is 11.2 Å². The zero-order chi connectivity index (χ0) is 17.8. The topological polar surface area (TPSA) is 52.1 Å². The smallest absolute Gasteiger partial charge is 0.284 e. The highest BCUT2D eigenvalue weighted by atomic mass is 32.1. The summed E-state index contributed by atoms with van der Waals surface area (Å²) < 4.78 is 13.0. The molecule has 0 atom stereocenters. The Labute approximate surface area is 157 Å². The van der Waals surface area contributed by atoms with Crippen molar-refractivity contribution in [2.24, 2.45) is 0 Å². The summed E-state index contributed by atoms with van der Waals surface area (Å²) in [4.78, 5) is 10.4. The first-order valence-electron chi connectivity index (χ1n) is 8.60. The molecule has 6 aromatic rings. The molecule has 0 aliphatic carbocycles. The van der Waals surface area contributed by atoms with Gasteiger partial charge in [0.1, 0.15) is 11.0 Å². The van der Waals surface area contributed by atoms with Gasteiger partial charge in [-0.25, -0.2) is 9.97 Å². The summed E-state index contributed by atoms with van der Waals surface area (Å²) >= 11 is 1.75. The van der Waals surface area contributed by atoms with E-state index in [1.54, 1.807) is 11.3 Å². The molecule has 0 spiro atoms. The van der Waals surface area contributed by atoms with E-state index in [9.17, 15) is 0 Å². The van der Waals surface area contributed by atoms with Crippen molar-refractivity contribution >= 4 is 43.6 Å². The molecule has 3 aromatic carbocycles. The molecule has 3 aromatic heterocycles. The molecule has 0 amide bonds. The number of fused-ring (bicyclic) bond motifs is 3. The van der Waals surface area contributed by atoms with Crippen LogP contribution >= 0.6 is 11.3 Å². The molecule has 0 bridgehead atoms. The van der Waals surface area contributed by atoms with Gasteiger partial charge in [-0.05, 0) is 35.7 Å². The molecule has 128 valence electrons. The van der Waals surface area contributed by atoms with Gasteiger partial charge in [0.25, 0.3) is 11.8 Å². The molecule has 3 heterocycles. The van der Waals surface area contributed by atoms with Gasteiger partial charge < -0.3 is 8.83 Å². The quantitative estimate of drug-likeness (QED) is 0.349. The van der Waals surface area contributed by atoms with Crippen LogP contribution in [0.5, 0.6) is 0 Å². The van der Waals surface area contributed by atoms with Gasteiger partial charge >= 0.3 is 0 Å². The van der Waals surface area contributed by atoms with Crippen molar-refractivity contribution in [3.05, 3.63) is 72.8 Å². The maximum Gasteiger partial charge on any atom is 0.284 e. The third-order valence-electron chi connectivity index (χ3n) is 4.59. The van der Waals surface area contributed by atoms with E-state index in [2.05, 4.69) is 41.4 Å². The summed E-state index contributed by atoms with van der Waals surface area (Å²) in [7, 11) is 0. The monoisotopic (exact) mass is 368 g/mol. The number of para-hydroxylation sites is 3. The van der Waals surface area contributed by atoms with Gasteiger partial charge in [0.05, 0.1) is 0 Å². The summed E-state index contributed by atoms with van der Waals surface area (Å²) in [6.45, 7) is 0. The molecule has 4 nitrogen and oxygen atoms in total. The molecule has 0 aliphatic rings. The van der Waals surface area contributed by atoms with Crippen molar-refractivity contribution in [2.75, 3.05) is 0 Å². The number of hydrogen-bond acceptors (Lipinski definition) is 5. The number of oxazole rings is 2. The molecule has 0 aliphatic heterocycles. The number of nitrogens with zero attached hydrogens (tertiary/aromatic N) is 2. The molecule has 0 radical (unpaired) electrons. The van der Waals surface area contributed by atoms with Crippen LogP contribution in [0.15, 0.2) is 81.6 Å². The Morgan fingerprint density at radius 1 is 0.704 bits per heavy atom. The largest absolute Gasteiger partial charge is 0.432 e. The molecule has 5 heteroatoms. The molecular formula is C22H12N2O2S. The highest BCUT2D eigenvalue weighted by Crippen LogP contribution is 2.38. The van der Waals surface area contributed by atoms with E-state index in [4.69, 9.17) is 13.8 Å². The van der Waals surface area contributed by atoms with E-state index in [0.717, 1.165) is 27.8 Å². The van der Waals surface area contributed by atoms with Crippen LogP contribution in [0.25, 0.3) is 54.5 Å². The average Bonchev–Trinajstić information content (AvgIpc) is 3.41. The van der Waals surface area contributed by atoms with Crippen molar-refractivity contribution in [3.8, 4) is 22.2 Å². The number of rotatable bonds is 2. The second-order valence-corrected chi connectivity index (χ2v) is 7.39. The minimum atomic E-state index is 0.398. The highest BCUT2D eigenvalue weighted by Gasteiger charge is 2.18. The van der Waals surface area contributed by atoms with Crippen molar-refractivity contribution in [3.63, 3.8) is 0 Å². The Kier molecular flexibility index (Phi) is 3.01. The fourth-order valence-corrected chi connectivity index (χ4v) is 4.41. The summed E-state index contributed by atoms with van der Waals surface area (Å²) in [6.07, 6.45) is 0. The van der Waals surface area contributed by atoms with Crippen LogP contribution in [0.1, 0.15) is 0 Å². The molecule has 0 fully saturated rings. The third kappa shape index (κ3) is 2.29. The average molecular weight is 368 g/mol. The van der Waals surface area contributed by atoms with E-state index >= 15 is 0 Å². The standard InChI is InChI=1S/C22H12N2O2S/c1-4-11-18-13(6-1)12-19(27-18)14-7-5-10-17-20(14)24-22(26-17)21-23-15-8-2-3-9-16(15)25-21/h1-12H. The van der Waals surface area contributed by atoms with Gasteiger partial charge in [-0.3, -0.25) is 0 Å². The van der Waals surface area contributed by atoms with E-state index in [0.29, 0.717) is 11.8 Å². The van der Waals surface area contributed by atoms with E-state index in [1.165, 1.54) is 15.0 Å². The van der Waals surface area contributed by atoms with Gasteiger partial charge in [0.2, 0.25) is 0 Å². The molecule has 0 saturated carbocycles. The maximum absolute atomic E-state index is 5.96. The Hall–Kier alpha value is -3.44. The SMILES string of the molecule is c1ccc2sc(-c3cccc4oc(-c5nc6ccccc6o5)nc34)cc2c1. The van der Waals surface area contributed by atoms with Crippen LogP contribution in [0.2, 0.25) is 0 Å². The lowest BCUT2D eigenvalue weighted by Crippen LogP contribution is -1.78. The van der Waals surface area contributed by atoms with Gasteiger partial charge in [-0.2, -0.15) is 0 Å². The van der Waals surface area contributed by atoms with Gasteiger partial charge in [0, 0.05) is 15.1 Å². The van der Waals surface area contributed by atoms with E-state index < -0.39 is 0 Å². The van der Waals surface area contributed by atoms with Crippen molar-refractivity contribution in [1.29, 1.82) is 0 Å². The zero-order valence-corrected chi connectivity index (χ0v) is 14.9. The fraction of sp³-hybridized carbons (Fsp3) is 0. The predicted molar refractivity (Wildman–Crippen MR) is 108 cm³/mol. The lowest BCUT2D eigenvalue weighted by Gasteiger charge is -1.96. The summed E-state index contributed by atoms with van der Waals surface area (Å²) in [5.74, 6) is 0.796. The summed E-state index contributed by atoms with van der Waals surface area (Å²) in [5.41, 5.74) is 4.11. The van der Waals surface area contributed by atoms with E-state index in [-0.39, 0.29) is 0 Å². The van der Waals surface area contributed by atoms with E-state index in [1.807, 2.05) is 36.4 Å². The Morgan fingerprint density at radius 3 is 2.41 bits per heavy atom. The molecular weight excluding hydrogens is 356 g/mol. The lowest BCUT2D eigenvalue weighted by atomic mass is 10.1. The third-order valence-corrected chi connectivity index (χ3v) is 5.74. The second-order valence-electron chi connectivity index (χ2n) is 6.31. The van der Waals surface area contributed by atoms with Crippen molar-refractivity contribution < 1.29 is 8.83 Å². The van der Waals surface area contributed by atoms with Crippen LogP contribution in [0, 0.1) is 0 Å². The summed E-state index contributed by atoms with van der Waals surface area (Å²) in [5, 5.41) is 1.23. The molecule has 0 unspecified atom stereocenters. The lowest BCUT2D eigenvalue weighted by molar-refractivity contribution is 0.550. The number of thiophene rings is 1. The first-order chi connectivity index (χ1) is 13.3. The van der Waals surface area contributed by atoms with Crippen molar-refractivity contribution in [2.45, 2.75) is 0 Å².